The van der Waals surface area contributed by atoms with Gasteiger partial charge in [-0.3, -0.25) is 9.59 Å². The summed E-state index contributed by atoms with van der Waals surface area (Å²) in [5.41, 5.74) is 0.0306. The number of ketones is 1. The highest BCUT2D eigenvalue weighted by atomic mass is 32.2. The van der Waals surface area contributed by atoms with E-state index in [2.05, 4.69) is 5.32 Å². The van der Waals surface area contributed by atoms with Gasteiger partial charge in [0.25, 0.3) is 0 Å². The first kappa shape index (κ1) is 29.0. The van der Waals surface area contributed by atoms with Gasteiger partial charge in [-0.1, -0.05) is 13.8 Å². The average molecular weight is 571 g/mol. The molecule has 4 aliphatic heterocycles. The van der Waals surface area contributed by atoms with Crippen molar-refractivity contribution in [3.8, 4) is 0 Å². The summed E-state index contributed by atoms with van der Waals surface area (Å²) in [5, 5.41) is 13.2. The summed E-state index contributed by atoms with van der Waals surface area (Å²) in [6, 6.07) is -0.679. The monoisotopic (exact) mass is 570 g/mol. The predicted molar refractivity (Wildman–Crippen MR) is 142 cm³/mol. The molecule has 212 valence electrons. The van der Waals surface area contributed by atoms with E-state index in [-0.39, 0.29) is 70.4 Å². The van der Waals surface area contributed by atoms with Gasteiger partial charge in [0.2, 0.25) is 21.8 Å². The van der Waals surface area contributed by atoms with Gasteiger partial charge in [-0.2, -0.15) is 0 Å². The van der Waals surface area contributed by atoms with Gasteiger partial charge >= 0.3 is 5.97 Å². The number of carbonyl (C=O) groups is 4. The minimum Gasteiger partial charge on any atom is -0.477 e. The summed E-state index contributed by atoms with van der Waals surface area (Å²) in [6.45, 7) is 6.76. The Labute approximate surface area is 228 Å². The van der Waals surface area contributed by atoms with Gasteiger partial charge < -0.3 is 25.0 Å². The molecule has 0 spiro atoms. The molecule has 11 nitrogen and oxygen atoms in total. The molecule has 2 unspecified atom stereocenters. The Morgan fingerprint density at radius 3 is 2.55 bits per heavy atom. The Kier molecular flexibility index (Phi) is 8.33. The van der Waals surface area contributed by atoms with Crippen molar-refractivity contribution in [2.24, 2.45) is 23.7 Å². The minimum atomic E-state index is -3.33. The van der Waals surface area contributed by atoms with Gasteiger partial charge in [-0.15, -0.1) is 11.8 Å². The summed E-state index contributed by atoms with van der Waals surface area (Å²) in [4.78, 5) is 53.7. The number of β-lactam (4-membered cyclic amide) rings is 1. The molecule has 0 aliphatic carbocycles. The van der Waals surface area contributed by atoms with Crippen molar-refractivity contribution in [3.05, 3.63) is 10.6 Å². The van der Waals surface area contributed by atoms with Gasteiger partial charge in [0, 0.05) is 56.2 Å². The van der Waals surface area contributed by atoms with Crippen LogP contribution in [0.25, 0.3) is 0 Å². The number of nitrogens with one attached hydrogen (secondary N) is 1. The Morgan fingerprint density at radius 1 is 1.26 bits per heavy atom. The Morgan fingerprint density at radius 2 is 1.95 bits per heavy atom. The van der Waals surface area contributed by atoms with E-state index in [9.17, 15) is 32.7 Å². The number of carboxylic acid groups (broad SMARTS) is 1. The van der Waals surface area contributed by atoms with Crippen LogP contribution in [-0.2, 0) is 29.2 Å². The number of fused-ring (bicyclic) bond motifs is 1. The van der Waals surface area contributed by atoms with E-state index < -0.39 is 22.0 Å². The quantitative estimate of drug-likeness (QED) is 0.360. The van der Waals surface area contributed by atoms with Gasteiger partial charge in [-0.05, 0) is 31.6 Å². The lowest BCUT2D eigenvalue weighted by Gasteiger charge is -2.47. The van der Waals surface area contributed by atoms with E-state index in [0.29, 0.717) is 37.4 Å². The van der Waals surface area contributed by atoms with E-state index >= 15 is 0 Å². The number of likely N-dealkylation sites (tertiary alicyclic amines) is 1. The largest absolute Gasteiger partial charge is 0.477 e. The van der Waals surface area contributed by atoms with Crippen LogP contribution in [0, 0.1) is 23.7 Å². The molecule has 0 aromatic carbocycles. The summed E-state index contributed by atoms with van der Waals surface area (Å²) >= 11 is 1.43. The minimum absolute atomic E-state index is 0.00630. The fraction of sp³-hybridized carbons (Fsp3) is 0.760. The maximum atomic E-state index is 13.2. The fourth-order valence-electron chi connectivity index (χ4n) is 6.34. The van der Waals surface area contributed by atoms with Crippen molar-refractivity contribution < 1.29 is 32.7 Å². The number of thioether (sulfide) groups is 1. The summed E-state index contributed by atoms with van der Waals surface area (Å²) in [6.07, 6.45) is 1.45. The highest BCUT2D eigenvalue weighted by molar-refractivity contribution is 8.03. The van der Waals surface area contributed by atoms with Gasteiger partial charge in [0.1, 0.15) is 11.5 Å². The van der Waals surface area contributed by atoms with Crippen LogP contribution in [0.3, 0.4) is 0 Å². The zero-order chi connectivity index (χ0) is 28.1. The lowest BCUT2D eigenvalue weighted by molar-refractivity contribution is -0.160. The molecule has 0 aromatic heterocycles. The van der Waals surface area contributed by atoms with Gasteiger partial charge in [-0.25, -0.2) is 17.5 Å². The summed E-state index contributed by atoms with van der Waals surface area (Å²) in [5.74, 6) is -2.20. The number of carboxylic acids is 1. The van der Waals surface area contributed by atoms with Gasteiger partial charge in [0.05, 0.1) is 23.8 Å². The number of hydrogen-bond donors (Lipinski definition) is 2. The van der Waals surface area contributed by atoms with Gasteiger partial charge in [0.15, 0.2) is 0 Å². The van der Waals surface area contributed by atoms with Crippen LogP contribution in [-0.4, -0.2) is 108 Å². The molecular weight excluding hydrogens is 532 g/mol. The fourth-order valence-corrected chi connectivity index (χ4v) is 8.99. The van der Waals surface area contributed by atoms with Crippen molar-refractivity contribution in [1.29, 1.82) is 0 Å². The second-order valence-electron chi connectivity index (χ2n) is 11.4. The van der Waals surface area contributed by atoms with Crippen LogP contribution in [0.4, 0.5) is 0 Å². The third kappa shape index (κ3) is 5.39. The number of sulfonamides is 1. The molecule has 3 fully saturated rings. The molecule has 0 radical (unpaired) electrons. The molecule has 0 saturated carbocycles. The lowest BCUT2D eigenvalue weighted by atomic mass is 9.73. The first-order chi connectivity index (χ1) is 17.7. The molecule has 3 saturated heterocycles. The Bertz CT molecular complexity index is 1150. The maximum Gasteiger partial charge on any atom is 0.353 e. The SMILES string of the molecule is CC(=O)C[C@H](C)[C@H]1C(=O)N2C(C(=O)O)=C(SC3CNC(C(=O)N4CC[C@H](CS(=O)(=O)N(C)C)C4)C3)[C@H](C)[C@@H]12. The molecule has 0 bridgehead atoms. The first-order valence-electron chi connectivity index (χ1n) is 13.1. The molecule has 4 heterocycles. The van der Waals surface area contributed by atoms with Crippen molar-refractivity contribution >= 4 is 45.4 Å². The second-order valence-corrected chi connectivity index (χ2v) is 14.9. The molecule has 0 aromatic rings. The van der Waals surface area contributed by atoms with Crippen LogP contribution in [0.15, 0.2) is 10.6 Å². The van der Waals surface area contributed by atoms with E-state index in [1.54, 1.807) is 4.90 Å². The molecule has 7 atom stereocenters. The predicted octanol–water partition coefficient (Wildman–Crippen LogP) is 0.578. The molecule has 38 heavy (non-hydrogen) atoms. The normalized spacial score (nSPS) is 32.1. The van der Waals surface area contributed by atoms with Crippen molar-refractivity contribution in [2.45, 2.75) is 57.4 Å². The number of carbonyl (C=O) groups excluding carboxylic acids is 3. The number of nitrogens with zero attached hydrogens (tertiary/aromatic N) is 3. The van der Waals surface area contributed by atoms with Crippen molar-refractivity contribution in [2.75, 3.05) is 39.5 Å². The van der Waals surface area contributed by atoms with Crippen molar-refractivity contribution in [3.63, 3.8) is 0 Å². The summed E-state index contributed by atoms with van der Waals surface area (Å²) in [7, 11) is -0.316. The van der Waals surface area contributed by atoms with Crippen LogP contribution in [0.2, 0.25) is 0 Å². The lowest BCUT2D eigenvalue weighted by Crippen LogP contribution is -2.62. The van der Waals surface area contributed by atoms with E-state index in [1.165, 1.54) is 42.0 Å². The second kappa shape index (κ2) is 10.9. The summed E-state index contributed by atoms with van der Waals surface area (Å²) < 4.78 is 25.7. The highest BCUT2D eigenvalue weighted by Gasteiger charge is 2.60. The molecule has 2 amide bonds. The number of aliphatic carboxylic acids is 1. The van der Waals surface area contributed by atoms with E-state index in [1.807, 2.05) is 13.8 Å². The van der Waals surface area contributed by atoms with E-state index in [0.717, 1.165) is 0 Å². The van der Waals surface area contributed by atoms with Crippen LogP contribution >= 0.6 is 11.8 Å². The van der Waals surface area contributed by atoms with Crippen LogP contribution in [0.1, 0.15) is 40.0 Å². The zero-order valence-corrected chi connectivity index (χ0v) is 24.2. The topological polar surface area (TPSA) is 144 Å². The highest BCUT2D eigenvalue weighted by Crippen LogP contribution is 2.53. The van der Waals surface area contributed by atoms with Crippen LogP contribution in [0.5, 0.6) is 0 Å². The molecule has 4 rings (SSSR count). The van der Waals surface area contributed by atoms with E-state index in [4.69, 9.17) is 0 Å². The zero-order valence-electron chi connectivity index (χ0n) is 22.5. The third-order valence-corrected chi connectivity index (χ3v) is 11.8. The average Bonchev–Trinajstić information content (AvgIpc) is 3.51. The maximum absolute atomic E-state index is 13.2. The molecule has 4 aliphatic rings. The smallest absolute Gasteiger partial charge is 0.353 e. The number of rotatable bonds is 10. The number of hydrogen-bond acceptors (Lipinski definition) is 8. The Hall–Kier alpha value is -1.96. The van der Waals surface area contributed by atoms with Crippen LogP contribution < -0.4 is 5.32 Å². The Balaban J connectivity index is 1.38. The molecule has 13 heteroatoms. The molecular formula is C25H38N4O7S2. The number of Topliss-reactive ketones (excluding diaryl/α,β-unsaturated/α-hetero) is 1. The molecule has 2 N–H and O–H groups in total. The first-order valence-corrected chi connectivity index (χ1v) is 15.6. The number of amides is 2. The standard InChI is InChI=1S/C25H38N4O7S2/c1-13(8-14(2)30)19-20-15(3)22(21(25(33)34)29(20)24(19)32)37-17-9-18(26-10-17)23(31)28-7-6-16(11-28)12-38(35,36)27(4)5/h13,15-20,26H,6-12H2,1-5H3,(H,33,34)/t13-,15+,16-,17?,18?,19+,20-/m0/s1. The van der Waals surface area contributed by atoms with Crippen molar-refractivity contribution in [1.82, 2.24) is 19.4 Å². The third-order valence-electron chi connectivity index (χ3n) is 8.30.